The average molecular weight is 346 g/mol. The molecule has 0 saturated carbocycles. The smallest absolute Gasteiger partial charge is 0.269 e. The van der Waals surface area contributed by atoms with Gasteiger partial charge < -0.3 is 9.30 Å². The summed E-state index contributed by atoms with van der Waals surface area (Å²) in [6.07, 6.45) is 1.81. The van der Waals surface area contributed by atoms with Gasteiger partial charge in [-0.1, -0.05) is 11.6 Å². The minimum Gasteiger partial charge on any atom is -0.483 e. The van der Waals surface area contributed by atoms with E-state index in [2.05, 4.69) is 0 Å². The molecule has 0 unspecified atom stereocenters. The molecule has 0 aliphatic carbocycles. The van der Waals surface area contributed by atoms with Crippen LogP contribution in [0.3, 0.4) is 0 Å². The molecule has 0 radical (unpaired) electrons. The third-order valence-electron chi connectivity index (χ3n) is 3.06. The van der Waals surface area contributed by atoms with Gasteiger partial charge in [-0.25, -0.2) is 8.78 Å². The van der Waals surface area contributed by atoms with Crippen molar-refractivity contribution in [3.8, 4) is 17.0 Å². The molecule has 0 aliphatic rings. The fourth-order valence-corrected chi connectivity index (χ4v) is 2.51. The van der Waals surface area contributed by atoms with Crippen LogP contribution >= 0.6 is 23.4 Å². The standard InChI is InChI=1S/C15H14ClF2NO2S/c1-3-19-13(5-4-10(16)15(19)20)14-11(17)6-9(7-12(14)18)21-8-22-2/h4-7H,3,8H2,1-2H3. The zero-order valence-electron chi connectivity index (χ0n) is 12.0. The van der Waals surface area contributed by atoms with Gasteiger partial charge in [0.25, 0.3) is 5.56 Å². The molecule has 3 nitrogen and oxygen atoms in total. The van der Waals surface area contributed by atoms with Crippen LogP contribution in [0.2, 0.25) is 5.02 Å². The molecule has 22 heavy (non-hydrogen) atoms. The number of aromatic nitrogens is 1. The van der Waals surface area contributed by atoms with E-state index in [9.17, 15) is 13.6 Å². The summed E-state index contributed by atoms with van der Waals surface area (Å²) in [5.74, 6) is -1.19. The van der Waals surface area contributed by atoms with Crippen molar-refractivity contribution in [3.63, 3.8) is 0 Å². The molecule has 0 atom stereocenters. The molecule has 1 aromatic heterocycles. The summed E-state index contributed by atoms with van der Waals surface area (Å²) in [7, 11) is 0. The van der Waals surface area contributed by atoms with Gasteiger partial charge in [0.05, 0.1) is 11.3 Å². The zero-order chi connectivity index (χ0) is 16.3. The number of halogens is 3. The molecule has 1 aromatic carbocycles. The van der Waals surface area contributed by atoms with Crippen molar-refractivity contribution in [1.82, 2.24) is 4.57 Å². The number of benzene rings is 1. The van der Waals surface area contributed by atoms with Crippen LogP contribution in [0.15, 0.2) is 29.1 Å². The van der Waals surface area contributed by atoms with Gasteiger partial charge in [0.15, 0.2) is 0 Å². The first-order valence-corrected chi connectivity index (χ1v) is 8.27. The number of hydrogen-bond acceptors (Lipinski definition) is 3. The predicted octanol–water partition coefficient (Wildman–Crippen LogP) is 4.17. The van der Waals surface area contributed by atoms with Gasteiger partial charge in [-0.3, -0.25) is 4.79 Å². The van der Waals surface area contributed by atoms with Crippen LogP contribution in [0.5, 0.6) is 5.75 Å². The SMILES string of the molecule is CCn1c(-c2c(F)cc(OCSC)cc2F)ccc(Cl)c1=O. The summed E-state index contributed by atoms with van der Waals surface area (Å²) in [5, 5.41) is 0.00587. The van der Waals surface area contributed by atoms with Crippen LogP contribution in [0.25, 0.3) is 11.3 Å². The van der Waals surface area contributed by atoms with Gasteiger partial charge in [0.1, 0.15) is 28.3 Å². The lowest BCUT2D eigenvalue weighted by molar-refractivity contribution is 0.387. The van der Waals surface area contributed by atoms with E-state index >= 15 is 0 Å². The molecular formula is C15H14ClF2NO2S. The van der Waals surface area contributed by atoms with Gasteiger partial charge >= 0.3 is 0 Å². The summed E-state index contributed by atoms with van der Waals surface area (Å²) in [6, 6.07) is 4.97. The van der Waals surface area contributed by atoms with Crippen molar-refractivity contribution < 1.29 is 13.5 Å². The van der Waals surface area contributed by atoms with Crippen LogP contribution in [0.4, 0.5) is 8.78 Å². The van der Waals surface area contributed by atoms with E-state index in [4.69, 9.17) is 16.3 Å². The van der Waals surface area contributed by atoms with Crippen molar-refractivity contribution in [3.05, 3.63) is 51.3 Å². The van der Waals surface area contributed by atoms with E-state index in [1.807, 2.05) is 6.26 Å². The zero-order valence-corrected chi connectivity index (χ0v) is 13.6. The molecule has 0 amide bonds. The molecule has 2 aromatic rings. The maximum Gasteiger partial charge on any atom is 0.269 e. The summed E-state index contributed by atoms with van der Waals surface area (Å²) in [6.45, 7) is 1.95. The van der Waals surface area contributed by atoms with E-state index in [-0.39, 0.29) is 28.6 Å². The summed E-state index contributed by atoms with van der Waals surface area (Å²) in [4.78, 5) is 12.0. The van der Waals surface area contributed by atoms with E-state index in [0.717, 1.165) is 12.1 Å². The largest absolute Gasteiger partial charge is 0.483 e. The highest BCUT2D eigenvalue weighted by molar-refractivity contribution is 7.98. The fourth-order valence-electron chi connectivity index (χ4n) is 2.09. The highest BCUT2D eigenvalue weighted by Crippen LogP contribution is 2.30. The number of thioether (sulfide) groups is 1. The Bertz CT molecular complexity index is 726. The molecule has 7 heteroatoms. The third-order valence-corrected chi connectivity index (χ3v) is 3.70. The number of pyridine rings is 1. The van der Waals surface area contributed by atoms with E-state index < -0.39 is 17.2 Å². The number of ether oxygens (including phenoxy) is 1. The Labute approximate surface area is 135 Å². The van der Waals surface area contributed by atoms with E-state index in [1.165, 1.54) is 28.5 Å². The highest BCUT2D eigenvalue weighted by atomic mass is 35.5. The first-order chi connectivity index (χ1) is 10.5. The normalized spacial score (nSPS) is 10.8. The Morgan fingerprint density at radius 2 is 1.91 bits per heavy atom. The van der Waals surface area contributed by atoms with E-state index in [1.54, 1.807) is 6.92 Å². The van der Waals surface area contributed by atoms with Gasteiger partial charge in [0.2, 0.25) is 0 Å². The summed E-state index contributed by atoms with van der Waals surface area (Å²) < 4.78 is 35.0. The third kappa shape index (κ3) is 3.28. The maximum atomic E-state index is 14.3. The monoisotopic (exact) mass is 345 g/mol. The Balaban J connectivity index is 2.59. The first-order valence-electron chi connectivity index (χ1n) is 6.50. The number of nitrogens with zero attached hydrogens (tertiary/aromatic N) is 1. The molecule has 0 saturated heterocycles. The topological polar surface area (TPSA) is 31.2 Å². The molecule has 1 heterocycles. The van der Waals surface area contributed by atoms with Gasteiger partial charge in [0, 0.05) is 18.7 Å². The molecule has 0 fully saturated rings. The fraction of sp³-hybridized carbons (Fsp3) is 0.267. The average Bonchev–Trinajstić information content (AvgIpc) is 2.48. The minimum atomic E-state index is -0.792. The van der Waals surface area contributed by atoms with Crippen LogP contribution in [-0.4, -0.2) is 16.8 Å². The van der Waals surface area contributed by atoms with Crippen LogP contribution in [-0.2, 0) is 6.54 Å². The van der Waals surface area contributed by atoms with Gasteiger partial charge in [-0.15, -0.1) is 11.8 Å². The van der Waals surface area contributed by atoms with Crippen molar-refractivity contribution in [1.29, 1.82) is 0 Å². The number of rotatable bonds is 5. The lowest BCUT2D eigenvalue weighted by Crippen LogP contribution is -2.21. The molecule has 0 aliphatic heterocycles. The second-order valence-corrected chi connectivity index (χ2v) is 5.65. The minimum absolute atomic E-state index is 0.00587. The Morgan fingerprint density at radius 1 is 1.27 bits per heavy atom. The molecular weight excluding hydrogens is 332 g/mol. The molecule has 118 valence electrons. The molecule has 0 N–H and O–H groups in total. The Kier molecular flexibility index (Phi) is 5.47. The molecule has 0 spiro atoms. The van der Waals surface area contributed by atoms with Gasteiger partial charge in [-0.05, 0) is 25.3 Å². The van der Waals surface area contributed by atoms with E-state index in [0.29, 0.717) is 5.94 Å². The van der Waals surface area contributed by atoms with Gasteiger partial charge in [-0.2, -0.15) is 0 Å². The highest BCUT2D eigenvalue weighted by Gasteiger charge is 2.18. The maximum absolute atomic E-state index is 14.3. The van der Waals surface area contributed by atoms with Crippen molar-refractivity contribution in [2.75, 3.05) is 12.2 Å². The lowest BCUT2D eigenvalue weighted by Gasteiger charge is -2.14. The van der Waals surface area contributed by atoms with Crippen LogP contribution < -0.4 is 10.3 Å². The summed E-state index contributed by atoms with van der Waals surface area (Å²) in [5.41, 5.74) is -0.612. The van der Waals surface area contributed by atoms with Crippen molar-refractivity contribution in [2.24, 2.45) is 0 Å². The molecule has 0 bridgehead atoms. The lowest BCUT2D eigenvalue weighted by atomic mass is 10.1. The predicted molar refractivity (Wildman–Crippen MR) is 85.7 cm³/mol. The van der Waals surface area contributed by atoms with Crippen LogP contribution in [0, 0.1) is 11.6 Å². The summed E-state index contributed by atoms with van der Waals surface area (Å²) >= 11 is 7.16. The van der Waals surface area contributed by atoms with Crippen molar-refractivity contribution in [2.45, 2.75) is 13.5 Å². The Morgan fingerprint density at radius 3 is 2.45 bits per heavy atom. The van der Waals surface area contributed by atoms with Crippen LogP contribution in [0.1, 0.15) is 6.92 Å². The molecule has 2 rings (SSSR count). The quantitative estimate of drug-likeness (QED) is 0.762. The Hall–Kier alpha value is -1.53. The number of hydrogen-bond donors (Lipinski definition) is 0. The van der Waals surface area contributed by atoms with Crippen molar-refractivity contribution >= 4 is 23.4 Å². The second kappa shape index (κ2) is 7.15. The second-order valence-electron chi connectivity index (χ2n) is 4.43. The first kappa shape index (κ1) is 16.8.